The Bertz CT molecular complexity index is 1060. The van der Waals surface area contributed by atoms with E-state index < -0.39 is 10.0 Å². The Hall–Kier alpha value is -2.37. The fourth-order valence-corrected chi connectivity index (χ4v) is 3.61. The number of hydrogen-bond donors (Lipinski definition) is 1. The number of carbonyl (C=O) groups excluding carboxylic acids is 1. The average Bonchev–Trinajstić information content (AvgIpc) is 3.17. The van der Waals surface area contributed by atoms with Gasteiger partial charge in [0, 0.05) is 20.2 Å². The number of benzene rings is 1. The monoisotopic (exact) mass is 396 g/mol. The Morgan fingerprint density at radius 2 is 2.08 bits per heavy atom. The largest absolute Gasteiger partial charge is 0.431 e. The summed E-state index contributed by atoms with van der Waals surface area (Å²) >= 11 is 1.09. The van der Waals surface area contributed by atoms with Crippen LogP contribution in [-0.2, 0) is 14.8 Å². The molecule has 2 aromatic heterocycles. The van der Waals surface area contributed by atoms with Gasteiger partial charge in [0.1, 0.15) is 11.3 Å². The zero-order valence-electron chi connectivity index (χ0n) is 14.2. The normalized spacial score (nSPS) is 12.0. The molecule has 0 saturated heterocycles. The van der Waals surface area contributed by atoms with E-state index in [1.54, 1.807) is 19.1 Å². The van der Waals surface area contributed by atoms with Crippen LogP contribution in [0.3, 0.4) is 0 Å². The molecule has 0 bridgehead atoms. The highest BCUT2D eigenvalue weighted by molar-refractivity contribution is 7.99. The maximum absolute atomic E-state index is 12.2. The third-order valence-electron chi connectivity index (χ3n) is 3.34. The van der Waals surface area contributed by atoms with Gasteiger partial charge in [-0.05, 0) is 25.1 Å². The van der Waals surface area contributed by atoms with E-state index in [-0.39, 0.29) is 21.8 Å². The summed E-state index contributed by atoms with van der Waals surface area (Å²) in [5.74, 6) is 0.697. The third-order valence-corrected chi connectivity index (χ3v) is 5.98. The number of oxazole rings is 1. The summed E-state index contributed by atoms with van der Waals surface area (Å²) < 4.78 is 35.9. The van der Waals surface area contributed by atoms with Crippen molar-refractivity contribution >= 4 is 44.6 Å². The molecule has 1 amide bonds. The van der Waals surface area contributed by atoms with Crippen LogP contribution >= 0.6 is 11.8 Å². The van der Waals surface area contributed by atoms with Gasteiger partial charge in [-0.15, -0.1) is 0 Å². The average molecular weight is 396 g/mol. The fraction of sp³-hybridized carbons (Fsp3) is 0.267. The molecule has 0 spiro atoms. The van der Waals surface area contributed by atoms with Gasteiger partial charge >= 0.3 is 0 Å². The lowest BCUT2D eigenvalue weighted by Crippen LogP contribution is -2.22. The molecule has 2 heterocycles. The van der Waals surface area contributed by atoms with Crippen LogP contribution in [0.2, 0.25) is 0 Å². The van der Waals surface area contributed by atoms with E-state index in [1.807, 2.05) is 0 Å². The molecule has 138 valence electrons. The minimum Gasteiger partial charge on any atom is -0.431 e. The van der Waals surface area contributed by atoms with Gasteiger partial charge in [0.15, 0.2) is 11.4 Å². The van der Waals surface area contributed by atoms with Crippen molar-refractivity contribution in [2.75, 3.05) is 25.2 Å². The molecule has 0 aliphatic carbocycles. The van der Waals surface area contributed by atoms with Gasteiger partial charge in [-0.1, -0.05) is 16.9 Å². The van der Waals surface area contributed by atoms with E-state index in [1.165, 1.54) is 26.2 Å². The minimum absolute atomic E-state index is 0.0571. The highest BCUT2D eigenvalue weighted by Crippen LogP contribution is 2.26. The quantitative estimate of drug-likeness (QED) is 0.629. The summed E-state index contributed by atoms with van der Waals surface area (Å²) in [5.41, 5.74) is 0.848. The summed E-state index contributed by atoms with van der Waals surface area (Å²) in [4.78, 5) is 16.3. The molecule has 0 saturated carbocycles. The van der Waals surface area contributed by atoms with Crippen molar-refractivity contribution in [3.05, 3.63) is 30.0 Å². The maximum Gasteiger partial charge on any atom is 0.257 e. The van der Waals surface area contributed by atoms with Crippen LogP contribution in [0.15, 0.2) is 43.3 Å². The van der Waals surface area contributed by atoms with Crippen LogP contribution in [0.1, 0.15) is 5.76 Å². The first-order chi connectivity index (χ1) is 12.3. The molecule has 0 radical (unpaired) electrons. The molecule has 3 rings (SSSR count). The summed E-state index contributed by atoms with van der Waals surface area (Å²) in [6, 6.07) is 6.04. The van der Waals surface area contributed by atoms with Crippen molar-refractivity contribution in [2.24, 2.45) is 0 Å². The molecule has 9 nitrogen and oxygen atoms in total. The molecule has 0 aliphatic rings. The lowest BCUT2D eigenvalue weighted by atomic mass is 10.3. The lowest BCUT2D eigenvalue weighted by molar-refractivity contribution is -0.113. The molecule has 1 N–H and O–H groups in total. The number of aryl methyl sites for hydroxylation is 1. The molecule has 0 unspecified atom stereocenters. The van der Waals surface area contributed by atoms with Crippen molar-refractivity contribution in [2.45, 2.75) is 17.0 Å². The number of nitrogens with zero attached hydrogens (tertiary/aromatic N) is 3. The molecular formula is C15H16N4O5S2. The van der Waals surface area contributed by atoms with Crippen LogP contribution in [0.4, 0.5) is 5.82 Å². The number of carbonyl (C=O) groups is 1. The topological polar surface area (TPSA) is 119 Å². The zero-order chi connectivity index (χ0) is 18.9. The van der Waals surface area contributed by atoms with Gasteiger partial charge in [-0.25, -0.2) is 17.7 Å². The number of fused-ring (bicyclic) bond motifs is 1. The van der Waals surface area contributed by atoms with E-state index >= 15 is 0 Å². The number of nitrogens with one attached hydrogen (secondary N) is 1. The van der Waals surface area contributed by atoms with E-state index in [0.717, 1.165) is 16.1 Å². The number of rotatable bonds is 6. The van der Waals surface area contributed by atoms with Gasteiger partial charge in [-0.3, -0.25) is 4.79 Å². The Balaban J connectivity index is 1.70. The summed E-state index contributed by atoms with van der Waals surface area (Å²) in [5, 5.41) is 6.53. The molecule has 0 aliphatic heterocycles. The Morgan fingerprint density at radius 3 is 2.73 bits per heavy atom. The van der Waals surface area contributed by atoms with Crippen LogP contribution in [0.5, 0.6) is 0 Å². The smallest absolute Gasteiger partial charge is 0.257 e. The molecule has 1 aromatic carbocycles. The summed E-state index contributed by atoms with van der Waals surface area (Å²) in [6.07, 6.45) is 0. The van der Waals surface area contributed by atoms with E-state index in [0.29, 0.717) is 22.7 Å². The standard InChI is InChI=1S/C15H16N4O5S2/c1-9-6-13(18-24-9)17-14(20)8-25-15-16-11-7-10(4-5-12(11)23-15)26(21,22)19(2)3/h4-7H,8H2,1-3H3,(H,17,18,20). The second kappa shape index (κ2) is 7.09. The number of aromatic nitrogens is 2. The lowest BCUT2D eigenvalue weighted by Gasteiger charge is -2.10. The van der Waals surface area contributed by atoms with Crippen molar-refractivity contribution in [1.82, 2.24) is 14.4 Å². The van der Waals surface area contributed by atoms with E-state index in [4.69, 9.17) is 8.94 Å². The number of amides is 1. The Kier molecular flexibility index (Phi) is 5.03. The van der Waals surface area contributed by atoms with Crippen molar-refractivity contribution in [1.29, 1.82) is 0 Å². The van der Waals surface area contributed by atoms with Gasteiger partial charge in [0.25, 0.3) is 5.22 Å². The van der Waals surface area contributed by atoms with Gasteiger partial charge in [0.05, 0.1) is 10.6 Å². The van der Waals surface area contributed by atoms with Crippen molar-refractivity contribution in [3.8, 4) is 0 Å². The second-order valence-electron chi connectivity index (χ2n) is 5.56. The second-order valence-corrected chi connectivity index (χ2v) is 8.63. The minimum atomic E-state index is -3.55. The maximum atomic E-state index is 12.2. The molecule has 0 atom stereocenters. The fourth-order valence-electron chi connectivity index (χ4n) is 2.05. The van der Waals surface area contributed by atoms with Crippen molar-refractivity contribution < 1.29 is 22.2 Å². The predicted octanol–water partition coefficient (Wildman–Crippen LogP) is 2.11. The third kappa shape index (κ3) is 3.89. The first-order valence-electron chi connectivity index (χ1n) is 7.45. The van der Waals surface area contributed by atoms with Crippen LogP contribution < -0.4 is 5.32 Å². The Labute approximate surface area is 153 Å². The molecule has 3 aromatic rings. The Morgan fingerprint density at radius 1 is 1.31 bits per heavy atom. The zero-order valence-corrected chi connectivity index (χ0v) is 15.8. The molecule has 11 heteroatoms. The molecule has 26 heavy (non-hydrogen) atoms. The van der Waals surface area contributed by atoms with Crippen molar-refractivity contribution in [3.63, 3.8) is 0 Å². The van der Waals surface area contributed by atoms with Crippen LogP contribution in [0, 0.1) is 6.92 Å². The van der Waals surface area contributed by atoms with Crippen LogP contribution in [0.25, 0.3) is 11.1 Å². The SMILES string of the molecule is Cc1cc(NC(=O)CSc2nc3cc(S(=O)(=O)N(C)C)ccc3o2)no1. The van der Waals surface area contributed by atoms with Crippen LogP contribution in [-0.4, -0.2) is 48.6 Å². The number of sulfonamides is 1. The van der Waals surface area contributed by atoms with Gasteiger partial charge in [-0.2, -0.15) is 0 Å². The number of hydrogen-bond acceptors (Lipinski definition) is 8. The molecule has 0 fully saturated rings. The van der Waals surface area contributed by atoms with Gasteiger partial charge in [0.2, 0.25) is 15.9 Å². The summed E-state index contributed by atoms with van der Waals surface area (Å²) in [7, 11) is -0.639. The number of anilines is 1. The first kappa shape index (κ1) is 18.4. The highest BCUT2D eigenvalue weighted by atomic mass is 32.2. The van der Waals surface area contributed by atoms with Gasteiger partial charge < -0.3 is 14.3 Å². The summed E-state index contributed by atoms with van der Waals surface area (Å²) in [6.45, 7) is 1.72. The highest BCUT2D eigenvalue weighted by Gasteiger charge is 2.19. The number of thioether (sulfide) groups is 1. The van der Waals surface area contributed by atoms with E-state index in [9.17, 15) is 13.2 Å². The predicted molar refractivity (Wildman–Crippen MR) is 95.5 cm³/mol. The first-order valence-corrected chi connectivity index (χ1v) is 9.87. The van der Waals surface area contributed by atoms with E-state index in [2.05, 4.69) is 15.5 Å². The molecular weight excluding hydrogens is 380 g/mol.